The molecule has 0 atom stereocenters. The molecule has 2 rings (SSSR count). The van der Waals surface area contributed by atoms with E-state index in [1.807, 2.05) is 6.07 Å². The first-order valence-electron chi connectivity index (χ1n) is 7.47. The average Bonchev–Trinajstić information content (AvgIpc) is 2.60. The fraction of sp³-hybridized carbons (Fsp3) is 0.105. The molecule has 0 aromatic heterocycles. The number of carbonyl (C=O) groups excluding carboxylic acids is 1. The lowest BCUT2D eigenvalue weighted by atomic mass is 10.0. The third kappa shape index (κ3) is 5.09. The van der Waals surface area contributed by atoms with Crippen molar-refractivity contribution >= 4 is 41.0 Å². The summed E-state index contributed by atoms with van der Waals surface area (Å²) in [4.78, 5) is 23.0. The Bertz CT molecular complexity index is 878. The van der Waals surface area contributed by atoms with Crippen LogP contribution in [0.2, 0.25) is 10.0 Å². The van der Waals surface area contributed by atoms with E-state index in [1.165, 1.54) is 18.2 Å². The first kappa shape index (κ1) is 19.5. The predicted octanol–water partition coefficient (Wildman–Crippen LogP) is 4.64. The number of carbonyl (C=O) groups is 2. The highest BCUT2D eigenvalue weighted by Crippen LogP contribution is 2.27. The van der Waals surface area contributed by atoms with Crippen molar-refractivity contribution in [3.05, 3.63) is 69.2 Å². The average molecular weight is 390 g/mol. The Balaban J connectivity index is 2.19. The fourth-order valence-electron chi connectivity index (χ4n) is 2.08. The van der Waals surface area contributed by atoms with Crippen LogP contribution in [0.3, 0.4) is 0 Å². The standard InChI is InChI=1S/C19H13Cl2NO4/c20-15-2-1-3-16(21)18(15)19(25)13(11-22)10-12-4-6-14(7-5-12)26-9-8-17(23)24/h1-7,10H,8-9H2,(H,23,24)/b13-10+. The highest BCUT2D eigenvalue weighted by Gasteiger charge is 2.18. The second-order valence-corrected chi connectivity index (χ2v) is 5.97. The summed E-state index contributed by atoms with van der Waals surface area (Å²) in [5, 5.41) is 18.2. The molecule has 0 heterocycles. The lowest BCUT2D eigenvalue weighted by Crippen LogP contribution is -2.05. The SMILES string of the molecule is N#C/C(=C\c1ccc(OCCC(=O)O)cc1)C(=O)c1c(Cl)cccc1Cl. The maximum absolute atomic E-state index is 12.6. The normalized spacial score (nSPS) is 10.9. The Morgan fingerprint density at radius 3 is 2.27 bits per heavy atom. The second kappa shape index (κ2) is 9.04. The summed E-state index contributed by atoms with van der Waals surface area (Å²) in [6.07, 6.45) is 1.32. The molecule has 0 amide bonds. The van der Waals surface area contributed by atoms with Crippen molar-refractivity contribution in [3.8, 4) is 11.8 Å². The van der Waals surface area contributed by atoms with Gasteiger partial charge in [0.2, 0.25) is 5.78 Å². The molecule has 0 aliphatic heterocycles. The maximum atomic E-state index is 12.6. The number of carboxylic acids is 1. The van der Waals surface area contributed by atoms with Crippen LogP contribution < -0.4 is 4.74 Å². The first-order valence-corrected chi connectivity index (χ1v) is 8.23. The van der Waals surface area contributed by atoms with E-state index in [0.717, 1.165) is 0 Å². The van der Waals surface area contributed by atoms with Gasteiger partial charge in [-0.1, -0.05) is 41.4 Å². The van der Waals surface area contributed by atoms with Crippen LogP contribution in [0.1, 0.15) is 22.3 Å². The molecule has 0 unspecified atom stereocenters. The molecule has 0 aliphatic rings. The molecular formula is C19H13Cl2NO4. The van der Waals surface area contributed by atoms with Crippen molar-refractivity contribution in [2.75, 3.05) is 6.61 Å². The number of nitrogens with zero attached hydrogens (tertiary/aromatic N) is 1. The van der Waals surface area contributed by atoms with Crippen LogP contribution in [0.25, 0.3) is 6.08 Å². The highest BCUT2D eigenvalue weighted by molar-refractivity contribution is 6.41. The van der Waals surface area contributed by atoms with Crippen molar-refractivity contribution in [1.29, 1.82) is 5.26 Å². The quantitative estimate of drug-likeness (QED) is 0.423. The number of allylic oxidation sites excluding steroid dienone is 1. The number of hydrogen-bond acceptors (Lipinski definition) is 4. The van der Waals surface area contributed by atoms with Crippen molar-refractivity contribution < 1.29 is 19.4 Å². The van der Waals surface area contributed by atoms with Gasteiger partial charge in [-0.25, -0.2) is 0 Å². The summed E-state index contributed by atoms with van der Waals surface area (Å²) in [6, 6.07) is 13.1. The Morgan fingerprint density at radius 2 is 1.73 bits per heavy atom. The van der Waals surface area contributed by atoms with Gasteiger partial charge in [0.05, 0.1) is 28.6 Å². The van der Waals surface area contributed by atoms with E-state index in [2.05, 4.69) is 0 Å². The van der Waals surface area contributed by atoms with Crippen LogP contribution >= 0.6 is 23.2 Å². The summed E-state index contributed by atoms with van der Waals surface area (Å²) in [7, 11) is 0. The van der Waals surface area contributed by atoms with Crippen molar-refractivity contribution in [2.24, 2.45) is 0 Å². The molecular weight excluding hydrogens is 377 g/mol. The van der Waals surface area contributed by atoms with Crippen molar-refractivity contribution in [3.63, 3.8) is 0 Å². The molecule has 1 N–H and O–H groups in total. The Morgan fingerprint density at radius 1 is 1.12 bits per heavy atom. The lowest BCUT2D eigenvalue weighted by Gasteiger charge is -2.06. The van der Waals surface area contributed by atoms with Crippen LogP contribution in [0.4, 0.5) is 0 Å². The summed E-state index contributed by atoms with van der Waals surface area (Å²) in [5.74, 6) is -1.02. The largest absolute Gasteiger partial charge is 0.493 e. The highest BCUT2D eigenvalue weighted by atomic mass is 35.5. The number of rotatable bonds is 7. The zero-order valence-corrected chi connectivity index (χ0v) is 14.9. The van der Waals surface area contributed by atoms with Crippen LogP contribution in [0.5, 0.6) is 5.75 Å². The topological polar surface area (TPSA) is 87.4 Å². The molecule has 132 valence electrons. The zero-order valence-electron chi connectivity index (χ0n) is 13.4. The predicted molar refractivity (Wildman–Crippen MR) is 98.6 cm³/mol. The second-order valence-electron chi connectivity index (χ2n) is 5.16. The van der Waals surface area contributed by atoms with E-state index in [4.69, 9.17) is 33.0 Å². The number of benzene rings is 2. The Labute approximate surface area is 160 Å². The first-order chi connectivity index (χ1) is 12.4. The number of hydrogen-bond donors (Lipinski definition) is 1. The minimum atomic E-state index is -0.944. The number of Topliss-reactive ketones (excluding diaryl/α,β-unsaturated/α-hetero) is 1. The van der Waals surface area contributed by atoms with E-state index in [-0.39, 0.29) is 34.2 Å². The van der Waals surface area contributed by atoms with Gasteiger partial charge in [-0.15, -0.1) is 0 Å². The van der Waals surface area contributed by atoms with E-state index in [9.17, 15) is 14.9 Å². The number of ether oxygens (including phenoxy) is 1. The van der Waals surface area contributed by atoms with Crippen LogP contribution in [-0.2, 0) is 4.79 Å². The third-order valence-corrected chi connectivity index (χ3v) is 3.96. The van der Waals surface area contributed by atoms with Gasteiger partial charge in [0.1, 0.15) is 17.4 Å². The van der Waals surface area contributed by atoms with Gasteiger partial charge in [-0.3, -0.25) is 9.59 Å². The molecule has 0 saturated heterocycles. The number of halogens is 2. The minimum absolute atomic E-state index is 0.0530. The van der Waals surface area contributed by atoms with Gasteiger partial charge < -0.3 is 9.84 Å². The van der Waals surface area contributed by atoms with Gasteiger partial charge in [-0.05, 0) is 35.9 Å². The van der Waals surface area contributed by atoms with Crippen molar-refractivity contribution in [2.45, 2.75) is 6.42 Å². The smallest absolute Gasteiger partial charge is 0.306 e. The van der Waals surface area contributed by atoms with Gasteiger partial charge in [0.15, 0.2) is 0 Å². The van der Waals surface area contributed by atoms with Crippen molar-refractivity contribution in [1.82, 2.24) is 0 Å². The van der Waals surface area contributed by atoms with Gasteiger partial charge in [0, 0.05) is 0 Å². The summed E-state index contributed by atoms with van der Waals surface area (Å²) < 4.78 is 5.28. The monoisotopic (exact) mass is 389 g/mol. The molecule has 2 aromatic carbocycles. The van der Waals surface area contributed by atoms with E-state index in [1.54, 1.807) is 30.3 Å². The molecule has 0 aliphatic carbocycles. The Kier molecular flexibility index (Phi) is 6.79. The number of nitriles is 1. The molecule has 26 heavy (non-hydrogen) atoms. The van der Waals surface area contributed by atoms with Gasteiger partial charge in [0.25, 0.3) is 0 Å². The molecule has 0 bridgehead atoms. The lowest BCUT2D eigenvalue weighted by molar-refractivity contribution is -0.137. The minimum Gasteiger partial charge on any atom is -0.493 e. The van der Waals surface area contributed by atoms with E-state index < -0.39 is 11.8 Å². The van der Waals surface area contributed by atoms with Crippen LogP contribution in [0.15, 0.2) is 48.0 Å². The molecule has 0 saturated carbocycles. The molecule has 0 fully saturated rings. The van der Waals surface area contributed by atoms with Crippen LogP contribution in [0, 0.1) is 11.3 Å². The van der Waals surface area contributed by atoms with E-state index >= 15 is 0 Å². The molecule has 0 radical (unpaired) electrons. The zero-order chi connectivity index (χ0) is 19.1. The molecule has 0 spiro atoms. The molecule has 7 heteroatoms. The molecule has 2 aromatic rings. The maximum Gasteiger partial charge on any atom is 0.306 e. The number of carboxylic acid groups (broad SMARTS) is 1. The van der Waals surface area contributed by atoms with Gasteiger partial charge in [-0.2, -0.15) is 5.26 Å². The summed E-state index contributed by atoms with van der Waals surface area (Å²) in [5.41, 5.74) is 0.570. The fourth-order valence-corrected chi connectivity index (χ4v) is 2.65. The molecule has 5 nitrogen and oxygen atoms in total. The summed E-state index contributed by atoms with van der Waals surface area (Å²) in [6.45, 7) is 0.0530. The number of aliphatic carboxylic acids is 1. The van der Waals surface area contributed by atoms with Crippen LogP contribution in [-0.4, -0.2) is 23.5 Å². The van der Waals surface area contributed by atoms with E-state index in [0.29, 0.717) is 11.3 Å². The summed E-state index contributed by atoms with van der Waals surface area (Å²) >= 11 is 12.0. The Hall–Kier alpha value is -2.81. The number of ketones is 1. The third-order valence-electron chi connectivity index (χ3n) is 3.33. The van der Waals surface area contributed by atoms with Gasteiger partial charge >= 0.3 is 5.97 Å².